The van der Waals surface area contributed by atoms with Gasteiger partial charge in [0.2, 0.25) is 5.91 Å². The first kappa shape index (κ1) is 16.7. The number of anilines is 1. The van der Waals surface area contributed by atoms with Crippen molar-refractivity contribution in [1.29, 1.82) is 0 Å². The van der Waals surface area contributed by atoms with Gasteiger partial charge in [0, 0.05) is 6.54 Å². The molecule has 26 heavy (non-hydrogen) atoms. The lowest BCUT2D eigenvalue weighted by molar-refractivity contribution is -0.118. The van der Waals surface area contributed by atoms with Gasteiger partial charge in [-0.05, 0) is 36.6 Å². The molecule has 4 rings (SSSR count). The van der Waals surface area contributed by atoms with Crippen LogP contribution in [0, 0.1) is 5.82 Å². The van der Waals surface area contributed by atoms with Gasteiger partial charge in [-0.3, -0.25) is 9.59 Å². The molecule has 134 valence electrons. The van der Waals surface area contributed by atoms with E-state index in [0.29, 0.717) is 22.7 Å². The molecule has 0 atom stereocenters. The molecule has 0 N–H and O–H groups in total. The van der Waals surface area contributed by atoms with Crippen molar-refractivity contribution < 1.29 is 22.4 Å². The molecule has 6 nitrogen and oxygen atoms in total. The van der Waals surface area contributed by atoms with Crippen molar-refractivity contribution in [3.05, 3.63) is 59.4 Å². The SMILES string of the molecule is O=C(CN1C(=O)c2ccccc2S1(=O)=O)N1CCCc2cccc(F)c21. The molecule has 0 spiro atoms. The van der Waals surface area contributed by atoms with Gasteiger partial charge in [0.05, 0.1) is 11.3 Å². The summed E-state index contributed by atoms with van der Waals surface area (Å²) < 4.78 is 40.0. The Bertz CT molecular complexity index is 1040. The fourth-order valence-corrected chi connectivity index (χ4v) is 4.97. The molecule has 2 heterocycles. The highest BCUT2D eigenvalue weighted by Crippen LogP contribution is 2.32. The molecule has 0 unspecified atom stereocenters. The zero-order chi connectivity index (χ0) is 18.5. The normalized spacial score (nSPS) is 17.8. The minimum absolute atomic E-state index is 0.0468. The van der Waals surface area contributed by atoms with Crippen LogP contribution in [0.25, 0.3) is 0 Å². The van der Waals surface area contributed by atoms with Gasteiger partial charge >= 0.3 is 0 Å². The maximum atomic E-state index is 14.2. The van der Waals surface area contributed by atoms with E-state index in [9.17, 15) is 22.4 Å². The minimum Gasteiger partial charge on any atom is -0.308 e. The molecule has 2 aliphatic rings. The highest BCUT2D eigenvalue weighted by Gasteiger charge is 2.42. The van der Waals surface area contributed by atoms with Gasteiger partial charge < -0.3 is 4.90 Å². The van der Waals surface area contributed by atoms with Crippen molar-refractivity contribution in [2.45, 2.75) is 17.7 Å². The summed E-state index contributed by atoms with van der Waals surface area (Å²) in [5, 5.41) is 0. The lowest BCUT2D eigenvalue weighted by Crippen LogP contribution is -2.45. The Morgan fingerprint density at radius 1 is 1.12 bits per heavy atom. The lowest BCUT2D eigenvalue weighted by atomic mass is 10.0. The fourth-order valence-electron chi connectivity index (χ4n) is 3.45. The van der Waals surface area contributed by atoms with E-state index in [1.165, 1.54) is 29.2 Å². The van der Waals surface area contributed by atoms with Crippen LogP contribution in [0.15, 0.2) is 47.4 Å². The third-order valence-electron chi connectivity index (χ3n) is 4.66. The first-order valence-electron chi connectivity index (χ1n) is 8.15. The van der Waals surface area contributed by atoms with Gasteiger partial charge in [-0.25, -0.2) is 17.1 Å². The van der Waals surface area contributed by atoms with E-state index < -0.39 is 34.2 Å². The largest absolute Gasteiger partial charge is 0.308 e. The molecule has 0 aliphatic carbocycles. The van der Waals surface area contributed by atoms with Crippen LogP contribution in [0.4, 0.5) is 10.1 Å². The molecule has 0 saturated heterocycles. The number of benzene rings is 2. The van der Waals surface area contributed by atoms with E-state index in [4.69, 9.17) is 0 Å². The first-order chi connectivity index (χ1) is 12.4. The van der Waals surface area contributed by atoms with E-state index in [2.05, 4.69) is 0 Å². The number of aryl methyl sites for hydroxylation is 1. The maximum absolute atomic E-state index is 14.2. The molecule has 0 saturated carbocycles. The quantitative estimate of drug-likeness (QED) is 0.805. The van der Waals surface area contributed by atoms with Gasteiger partial charge in [0.15, 0.2) is 0 Å². The number of hydrogen-bond acceptors (Lipinski definition) is 4. The second-order valence-electron chi connectivity index (χ2n) is 6.21. The molecular weight excluding hydrogens is 359 g/mol. The zero-order valence-electron chi connectivity index (χ0n) is 13.7. The Balaban J connectivity index is 1.66. The maximum Gasteiger partial charge on any atom is 0.269 e. The van der Waals surface area contributed by atoms with E-state index in [-0.39, 0.29) is 22.7 Å². The topological polar surface area (TPSA) is 74.8 Å². The second-order valence-corrected chi connectivity index (χ2v) is 8.04. The predicted molar refractivity (Wildman–Crippen MR) is 91.7 cm³/mol. The number of amides is 2. The Morgan fingerprint density at radius 2 is 1.88 bits per heavy atom. The molecule has 2 aromatic rings. The summed E-state index contributed by atoms with van der Waals surface area (Å²) in [6.07, 6.45) is 1.28. The van der Waals surface area contributed by atoms with Crippen molar-refractivity contribution >= 4 is 27.5 Å². The third kappa shape index (κ3) is 2.40. The lowest BCUT2D eigenvalue weighted by Gasteiger charge is -2.30. The molecule has 0 aromatic heterocycles. The average molecular weight is 374 g/mol. The number of fused-ring (bicyclic) bond motifs is 2. The Kier molecular flexibility index (Phi) is 3.80. The summed E-state index contributed by atoms with van der Waals surface area (Å²) in [5.74, 6) is -1.89. The van der Waals surface area contributed by atoms with Gasteiger partial charge in [-0.1, -0.05) is 24.3 Å². The minimum atomic E-state index is -4.07. The number of halogens is 1. The van der Waals surface area contributed by atoms with Crippen molar-refractivity contribution in [3.8, 4) is 0 Å². The van der Waals surface area contributed by atoms with Crippen LogP contribution in [0.1, 0.15) is 22.3 Å². The second kappa shape index (κ2) is 5.91. The van der Waals surface area contributed by atoms with E-state index >= 15 is 0 Å². The Labute approximate surface area is 149 Å². The first-order valence-corrected chi connectivity index (χ1v) is 9.59. The van der Waals surface area contributed by atoms with Crippen molar-refractivity contribution in [3.63, 3.8) is 0 Å². The summed E-state index contributed by atoms with van der Waals surface area (Å²) in [6.45, 7) is -0.370. The Morgan fingerprint density at radius 3 is 2.65 bits per heavy atom. The van der Waals surface area contributed by atoms with Crippen LogP contribution in [-0.2, 0) is 21.2 Å². The number of carbonyl (C=O) groups excluding carboxylic acids is 2. The molecular formula is C18H15FN2O4S. The molecule has 0 radical (unpaired) electrons. The molecule has 2 amide bonds. The summed E-state index contributed by atoms with van der Waals surface area (Å²) in [6, 6.07) is 10.4. The summed E-state index contributed by atoms with van der Waals surface area (Å²) in [5.41, 5.74) is 0.916. The van der Waals surface area contributed by atoms with E-state index in [0.717, 1.165) is 0 Å². The van der Waals surface area contributed by atoms with Crippen LogP contribution < -0.4 is 4.90 Å². The molecule has 2 aliphatic heterocycles. The van der Waals surface area contributed by atoms with Crippen molar-refractivity contribution in [1.82, 2.24) is 4.31 Å². The average Bonchev–Trinajstić information content (AvgIpc) is 2.83. The van der Waals surface area contributed by atoms with Crippen molar-refractivity contribution in [2.75, 3.05) is 18.0 Å². The number of nitrogens with zero attached hydrogens (tertiary/aromatic N) is 2. The summed E-state index contributed by atoms with van der Waals surface area (Å²) in [7, 11) is -4.07. The number of sulfonamides is 1. The van der Waals surface area contributed by atoms with Crippen LogP contribution in [0.3, 0.4) is 0 Å². The summed E-state index contributed by atoms with van der Waals surface area (Å²) >= 11 is 0. The number of para-hydroxylation sites is 1. The van der Waals surface area contributed by atoms with E-state index in [1.807, 2.05) is 0 Å². The van der Waals surface area contributed by atoms with Crippen LogP contribution in [0.5, 0.6) is 0 Å². The monoisotopic (exact) mass is 374 g/mol. The number of rotatable bonds is 2. The van der Waals surface area contributed by atoms with Crippen molar-refractivity contribution in [2.24, 2.45) is 0 Å². The van der Waals surface area contributed by atoms with Gasteiger partial charge in [-0.15, -0.1) is 0 Å². The predicted octanol–water partition coefficient (Wildman–Crippen LogP) is 1.95. The molecule has 8 heteroatoms. The van der Waals surface area contributed by atoms with Gasteiger partial charge in [0.1, 0.15) is 17.3 Å². The molecule has 2 aromatic carbocycles. The van der Waals surface area contributed by atoms with Crippen LogP contribution in [-0.4, -0.2) is 37.6 Å². The van der Waals surface area contributed by atoms with Gasteiger partial charge in [0.25, 0.3) is 15.9 Å². The number of hydrogen-bond donors (Lipinski definition) is 0. The van der Waals surface area contributed by atoms with Crippen LogP contribution in [0.2, 0.25) is 0 Å². The van der Waals surface area contributed by atoms with Gasteiger partial charge in [-0.2, -0.15) is 0 Å². The fraction of sp³-hybridized carbons (Fsp3) is 0.222. The van der Waals surface area contributed by atoms with E-state index in [1.54, 1.807) is 18.2 Å². The standard InChI is InChI=1S/C18H15FN2O4S/c19-14-8-3-5-12-6-4-10-20(17(12)14)16(22)11-21-18(23)13-7-1-2-9-15(13)26(21,24)25/h1-3,5,7-9H,4,6,10-11H2. The molecule has 0 fully saturated rings. The van der Waals surface area contributed by atoms with Crippen LogP contribution >= 0.6 is 0 Å². The highest BCUT2D eigenvalue weighted by molar-refractivity contribution is 7.90. The number of carbonyl (C=O) groups is 2. The highest BCUT2D eigenvalue weighted by atomic mass is 32.2. The molecule has 0 bridgehead atoms. The Hall–Kier alpha value is -2.74. The summed E-state index contributed by atoms with van der Waals surface area (Å²) in [4.78, 5) is 26.3. The zero-order valence-corrected chi connectivity index (χ0v) is 14.5. The smallest absolute Gasteiger partial charge is 0.269 e. The third-order valence-corrected chi connectivity index (χ3v) is 6.45.